The van der Waals surface area contributed by atoms with E-state index >= 15 is 0 Å². The molecule has 0 aromatic carbocycles. The molecule has 0 saturated heterocycles. The second-order valence-electron chi connectivity index (χ2n) is 2.64. The van der Waals surface area contributed by atoms with E-state index in [-0.39, 0.29) is 5.91 Å². The van der Waals surface area contributed by atoms with Crippen molar-refractivity contribution in [2.24, 2.45) is 0 Å². The van der Waals surface area contributed by atoms with Crippen LogP contribution in [-0.4, -0.2) is 17.9 Å². The van der Waals surface area contributed by atoms with E-state index in [1.165, 1.54) is 19.3 Å². The first-order chi connectivity index (χ1) is 7.24. The summed E-state index contributed by atoms with van der Waals surface area (Å²) in [7, 11) is 1.53. The molecule has 0 aliphatic rings. The van der Waals surface area contributed by atoms with Gasteiger partial charge in [0.15, 0.2) is 6.19 Å². The summed E-state index contributed by atoms with van der Waals surface area (Å²) in [4.78, 5) is 15.4. The van der Waals surface area contributed by atoms with Crippen molar-refractivity contribution in [2.75, 3.05) is 12.4 Å². The van der Waals surface area contributed by atoms with Crippen LogP contribution in [0, 0.1) is 11.5 Å². The summed E-state index contributed by atoms with van der Waals surface area (Å²) in [5.41, 5.74) is 0.943. The monoisotopic (exact) mass is 202 g/mol. The SMILES string of the molecule is C=Cc1c(C(=O)NC)ccnc1NC#N. The minimum atomic E-state index is -0.242. The third-order valence-electron chi connectivity index (χ3n) is 1.84. The predicted molar refractivity (Wildman–Crippen MR) is 57.0 cm³/mol. The Balaban J connectivity index is 3.29. The Hall–Kier alpha value is -2.35. The number of hydrogen-bond acceptors (Lipinski definition) is 4. The zero-order chi connectivity index (χ0) is 11.3. The standard InChI is InChI=1S/C10H10N4O/c1-3-7-8(10(15)12-2)4-5-13-9(7)14-6-11/h3-5H,1H2,2H3,(H,12,15)(H,13,14). The number of nitriles is 1. The Bertz CT molecular complexity index is 434. The molecule has 0 fully saturated rings. The van der Waals surface area contributed by atoms with Gasteiger partial charge in [0.25, 0.3) is 5.91 Å². The van der Waals surface area contributed by atoms with Gasteiger partial charge >= 0.3 is 0 Å². The number of nitrogens with zero attached hydrogens (tertiary/aromatic N) is 2. The number of nitrogens with one attached hydrogen (secondary N) is 2. The highest BCUT2D eigenvalue weighted by atomic mass is 16.1. The van der Waals surface area contributed by atoms with E-state index in [1.54, 1.807) is 12.3 Å². The van der Waals surface area contributed by atoms with E-state index in [2.05, 4.69) is 22.2 Å². The van der Waals surface area contributed by atoms with E-state index in [1.807, 2.05) is 0 Å². The molecule has 1 amide bonds. The first-order valence-electron chi connectivity index (χ1n) is 4.23. The molecule has 1 aromatic rings. The number of carbonyl (C=O) groups excluding carboxylic acids is 1. The molecule has 2 N–H and O–H groups in total. The van der Waals surface area contributed by atoms with Gasteiger partial charge < -0.3 is 5.32 Å². The van der Waals surface area contributed by atoms with Crippen LogP contribution in [0.15, 0.2) is 18.8 Å². The number of pyridine rings is 1. The van der Waals surface area contributed by atoms with Gasteiger partial charge in [0.05, 0.1) is 5.56 Å². The van der Waals surface area contributed by atoms with Crippen LogP contribution in [0.25, 0.3) is 6.08 Å². The fourth-order valence-electron chi connectivity index (χ4n) is 1.17. The largest absolute Gasteiger partial charge is 0.355 e. The molecule has 0 radical (unpaired) electrons. The van der Waals surface area contributed by atoms with Gasteiger partial charge in [-0.3, -0.25) is 10.1 Å². The molecule has 1 aromatic heterocycles. The van der Waals surface area contributed by atoms with Crippen LogP contribution in [0.5, 0.6) is 0 Å². The Labute approximate surface area is 87.4 Å². The average Bonchev–Trinajstić information content (AvgIpc) is 2.28. The summed E-state index contributed by atoms with van der Waals surface area (Å²) in [5, 5.41) is 13.4. The number of amides is 1. The molecule has 0 saturated carbocycles. The van der Waals surface area contributed by atoms with E-state index in [4.69, 9.17) is 5.26 Å². The fourth-order valence-corrected chi connectivity index (χ4v) is 1.17. The van der Waals surface area contributed by atoms with Gasteiger partial charge in [0.2, 0.25) is 0 Å². The molecular weight excluding hydrogens is 192 g/mol. The lowest BCUT2D eigenvalue weighted by atomic mass is 10.1. The minimum Gasteiger partial charge on any atom is -0.355 e. The number of aromatic nitrogens is 1. The van der Waals surface area contributed by atoms with Gasteiger partial charge in [-0.2, -0.15) is 5.26 Å². The normalized spacial score (nSPS) is 8.80. The lowest BCUT2D eigenvalue weighted by molar-refractivity contribution is 0.0963. The van der Waals surface area contributed by atoms with Crippen molar-refractivity contribution < 1.29 is 4.79 Å². The highest BCUT2D eigenvalue weighted by Gasteiger charge is 2.11. The molecule has 0 unspecified atom stereocenters. The molecule has 1 heterocycles. The molecule has 0 spiro atoms. The number of anilines is 1. The van der Waals surface area contributed by atoms with E-state index < -0.39 is 0 Å². The highest BCUT2D eigenvalue weighted by molar-refractivity contribution is 5.99. The zero-order valence-electron chi connectivity index (χ0n) is 8.24. The maximum Gasteiger partial charge on any atom is 0.251 e. The van der Waals surface area contributed by atoms with Crippen molar-refractivity contribution in [1.82, 2.24) is 10.3 Å². The molecule has 0 aliphatic carbocycles. The fraction of sp³-hybridized carbons (Fsp3) is 0.100. The van der Waals surface area contributed by atoms with Crippen LogP contribution in [0.3, 0.4) is 0 Å². The number of hydrogen-bond donors (Lipinski definition) is 2. The average molecular weight is 202 g/mol. The summed E-state index contributed by atoms with van der Waals surface area (Å²) in [6.07, 6.45) is 4.69. The Morgan fingerprint density at radius 1 is 1.73 bits per heavy atom. The van der Waals surface area contributed by atoms with Gasteiger partial charge in [-0.25, -0.2) is 4.98 Å². The Kier molecular flexibility index (Phi) is 3.41. The van der Waals surface area contributed by atoms with Crippen LogP contribution in [0.4, 0.5) is 5.82 Å². The lowest BCUT2D eigenvalue weighted by Gasteiger charge is -2.07. The van der Waals surface area contributed by atoms with Crippen LogP contribution in [0.1, 0.15) is 15.9 Å². The molecule has 0 atom stereocenters. The third-order valence-corrected chi connectivity index (χ3v) is 1.84. The lowest BCUT2D eigenvalue weighted by Crippen LogP contribution is -2.19. The molecule has 5 nitrogen and oxygen atoms in total. The highest BCUT2D eigenvalue weighted by Crippen LogP contribution is 2.18. The maximum atomic E-state index is 11.5. The first kappa shape index (κ1) is 10.7. The van der Waals surface area contributed by atoms with Crippen LogP contribution in [-0.2, 0) is 0 Å². The van der Waals surface area contributed by atoms with Gasteiger partial charge in [-0.15, -0.1) is 0 Å². The Morgan fingerprint density at radius 3 is 3.00 bits per heavy atom. The van der Waals surface area contributed by atoms with Gasteiger partial charge in [-0.05, 0) is 6.07 Å². The van der Waals surface area contributed by atoms with Crippen molar-refractivity contribution in [2.45, 2.75) is 0 Å². The summed E-state index contributed by atoms with van der Waals surface area (Å²) < 4.78 is 0. The molecular formula is C10H10N4O. The summed E-state index contributed by atoms with van der Waals surface area (Å²) in [6, 6.07) is 1.57. The number of carbonyl (C=O) groups is 1. The van der Waals surface area contributed by atoms with Gasteiger partial charge in [-0.1, -0.05) is 12.7 Å². The first-order valence-corrected chi connectivity index (χ1v) is 4.23. The number of rotatable bonds is 3. The minimum absolute atomic E-state index is 0.242. The van der Waals surface area contributed by atoms with Gasteiger partial charge in [0, 0.05) is 18.8 Å². The van der Waals surface area contributed by atoms with E-state index in [0.717, 1.165) is 0 Å². The maximum absolute atomic E-state index is 11.5. The second kappa shape index (κ2) is 4.77. The van der Waals surface area contributed by atoms with Gasteiger partial charge in [0.1, 0.15) is 5.82 Å². The van der Waals surface area contributed by atoms with Crippen LogP contribution < -0.4 is 10.6 Å². The van der Waals surface area contributed by atoms with Crippen LogP contribution >= 0.6 is 0 Å². The van der Waals surface area contributed by atoms with Crippen molar-refractivity contribution in [3.8, 4) is 6.19 Å². The molecule has 5 heteroatoms. The molecule has 0 bridgehead atoms. The third kappa shape index (κ3) is 2.11. The van der Waals surface area contributed by atoms with Crippen molar-refractivity contribution in [3.05, 3.63) is 30.0 Å². The van der Waals surface area contributed by atoms with Crippen molar-refractivity contribution in [1.29, 1.82) is 5.26 Å². The topological polar surface area (TPSA) is 77.8 Å². The zero-order valence-corrected chi connectivity index (χ0v) is 8.24. The Morgan fingerprint density at radius 2 is 2.47 bits per heavy atom. The second-order valence-corrected chi connectivity index (χ2v) is 2.64. The molecule has 15 heavy (non-hydrogen) atoms. The molecule has 0 aliphatic heterocycles. The van der Waals surface area contributed by atoms with Crippen molar-refractivity contribution in [3.63, 3.8) is 0 Å². The van der Waals surface area contributed by atoms with E-state index in [9.17, 15) is 4.79 Å². The molecule has 1 rings (SSSR count). The van der Waals surface area contributed by atoms with Crippen molar-refractivity contribution >= 4 is 17.8 Å². The predicted octanol–water partition coefficient (Wildman–Crippen LogP) is 0.977. The summed E-state index contributed by atoms with van der Waals surface area (Å²) in [6.45, 7) is 3.58. The summed E-state index contributed by atoms with van der Waals surface area (Å²) >= 11 is 0. The van der Waals surface area contributed by atoms with Crippen LogP contribution in [0.2, 0.25) is 0 Å². The smallest absolute Gasteiger partial charge is 0.251 e. The molecule has 76 valence electrons. The quantitative estimate of drug-likeness (QED) is 0.565. The summed E-state index contributed by atoms with van der Waals surface area (Å²) in [5.74, 6) is 0.0851. The van der Waals surface area contributed by atoms with E-state index in [0.29, 0.717) is 16.9 Å².